The molecule has 12 N–H and O–H groups in total. The number of hydrogen-bond donors (Lipinski definition) is 4. The number of rotatable bonds is 0. The molecule has 0 aromatic rings. The summed E-state index contributed by atoms with van der Waals surface area (Å²) in [5.74, 6) is 0. The molecule has 0 radical (unpaired) electrons. The van der Waals surface area contributed by atoms with E-state index in [9.17, 15) is 0 Å². The van der Waals surface area contributed by atoms with Crippen LogP contribution in [0, 0.1) is 0 Å². The first-order valence-corrected chi connectivity index (χ1v) is 6.25. The van der Waals surface area contributed by atoms with Crippen LogP contribution >= 0.6 is 0 Å². The van der Waals surface area contributed by atoms with Gasteiger partial charge in [-0.1, -0.05) is 0 Å². The van der Waals surface area contributed by atoms with Gasteiger partial charge in [-0.15, -0.1) is 0 Å². The molecule has 0 atom stereocenters. The standard InChI is InChI=1S/4C3H9N.5Mo.21O.2Se/c4*1-3(2)4;;;;;;;;;;;;;;;;;;;;;;;;;;;;/h4*3H,4H2,1-2H3;;;;;;;;;;;;;;;;;;;;;;;;;;;;/q;;;;;;;;;23*-2/p+4. The van der Waals surface area contributed by atoms with Gasteiger partial charge in [0.1, 0.15) is 0 Å². The van der Waals surface area contributed by atoms with E-state index < -0.39 is 0 Å². The van der Waals surface area contributed by atoms with E-state index in [0.717, 1.165) is 0 Å². The van der Waals surface area contributed by atoms with E-state index in [2.05, 4.69) is 78.3 Å². The van der Waals surface area contributed by atoms with Crippen LogP contribution in [0.4, 0.5) is 0 Å². The van der Waals surface area contributed by atoms with Crippen molar-refractivity contribution in [2.45, 2.75) is 79.6 Å². The van der Waals surface area contributed by atoms with E-state index >= 15 is 0 Å². The quantitative estimate of drug-likeness (QED) is 0.166. The zero-order chi connectivity index (χ0) is 14.3. The van der Waals surface area contributed by atoms with Crippen molar-refractivity contribution in [3.05, 3.63) is 0 Å². The molecule has 0 heterocycles. The van der Waals surface area contributed by atoms with E-state index in [0.29, 0.717) is 24.2 Å². The van der Waals surface area contributed by atoms with Crippen molar-refractivity contribution < 1.29 is 243 Å². The molecule has 0 saturated carbocycles. The number of hydrogen-bond acceptors (Lipinski definition) is 0. The Hall–Kier alpha value is 3.48. The molecule has 0 aromatic carbocycles. The van der Waals surface area contributed by atoms with Crippen LogP contribution in [0.15, 0.2) is 0 Å². The van der Waals surface area contributed by atoms with Gasteiger partial charge in [0.15, 0.2) is 0 Å². The van der Waals surface area contributed by atoms with Gasteiger partial charge >= 0.3 is 0 Å². The van der Waals surface area contributed by atoms with Gasteiger partial charge < -0.3 is 172 Å². The Morgan fingerprint density at radius 2 is 0.205 bits per heavy atom. The second-order valence-corrected chi connectivity index (χ2v) is 5.58. The average molecular weight is 1210 g/mol. The summed E-state index contributed by atoms with van der Waals surface area (Å²) in [5, 5.41) is 0. The molecule has 0 unspecified atom stereocenters. The number of quaternary nitrogens is 4. The van der Waals surface area contributed by atoms with Crippen LogP contribution < -0.4 is 22.9 Å². The molecule has 44 heavy (non-hydrogen) atoms. The largest absolute Gasteiger partial charge is 2.00 e. The summed E-state index contributed by atoms with van der Waals surface area (Å²) in [7, 11) is 0. The topological polar surface area (TPSA) is 709 Å². The molecule has 0 bridgehead atoms. The van der Waals surface area contributed by atoms with Crippen LogP contribution in [0.2, 0.25) is 0 Å². The van der Waals surface area contributed by atoms with E-state index in [1.54, 1.807) is 0 Å². The van der Waals surface area contributed by atoms with Gasteiger partial charge in [-0.25, -0.2) is 0 Å². The normalized spacial score (nSPS) is 3.27. The first-order chi connectivity index (χ1) is 6.93. The van der Waals surface area contributed by atoms with Crippen molar-refractivity contribution in [2.75, 3.05) is 0 Å². The zero-order valence-corrected chi connectivity index (χ0v) is 38.0. The molecule has 0 rings (SSSR count). The summed E-state index contributed by atoms with van der Waals surface area (Å²) < 4.78 is 0. The molecule has 318 valence electrons. The Kier molecular flexibility index (Phi) is 3900. The van der Waals surface area contributed by atoms with Crippen molar-refractivity contribution in [1.29, 1.82) is 0 Å². The van der Waals surface area contributed by atoms with Crippen LogP contribution in [-0.2, 0) is 220 Å². The predicted molar refractivity (Wildman–Crippen MR) is 98.0 cm³/mol. The molecule has 25 nitrogen and oxygen atoms in total. The second kappa shape index (κ2) is 401. The third kappa shape index (κ3) is 7430. The minimum atomic E-state index is 0. The van der Waals surface area contributed by atoms with Crippen molar-refractivity contribution in [3.8, 4) is 0 Å². The average Bonchev–Trinajstić information content (AvgIpc) is 1.76. The molecule has 0 aliphatic carbocycles. The Bertz CT molecular complexity index is 126. The molecule has 0 aliphatic rings. The fourth-order valence-electron chi connectivity index (χ4n) is 0. The van der Waals surface area contributed by atoms with Gasteiger partial charge in [-0.2, -0.15) is 0 Å². The van der Waals surface area contributed by atoms with Gasteiger partial charge in [0.05, 0.1) is 24.2 Å². The summed E-state index contributed by atoms with van der Waals surface area (Å²) in [6.07, 6.45) is 0. The summed E-state index contributed by atoms with van der Waals surface area (Å²) in [5.41, 5.74) is 14.6. The Balaban J connectivity index is -0.00000000120. The van der Waals surface area contributed by atoms with Crippen LogP contribution in [0.5, 0.6) is 0 Å². The van der Waals surface area contributed by atoms with Crippen molar-refractivity contribution in [2.24, 2.45) is 0 Å². The third-order valence-corrected chi connectivity index (χ3v) is 0. The summed E-state index contributed by atoms with van der Waals surface area (Å²) in [6, 6.07) is 2.33. The smallest absolute Gasteiger partial charge is 0.0786 e. The second-order valence-electron chi connectivity index (χ2n) is 5.58. The molecular formula is C12H40Mo5N4O21Se2-42. The Morgan fingerprint density at radius 1 is 0.205 bits per heavy atom. The van der Waals surface area contributed by atoms with Crippen molar-refractivity contribution >= 4 is 34.1 Å². The van der Waals surface area contributed by atoms with Gasteiger partial charge in [-0.05, 0) is 55.4 Å². The van der Waals surface area contributed by atoms with Gasteiger partial charge in [0.25, 0.3) is 0 Å². The van der Waals surface area contributed by atoms with E-state index in [4.69, 9.17) is 0 Å². The first kappa shape index (κ1) is 428. The van der Waals surface area contributed by atoms with E-state index in [-0.39, 0.29) is 254 Å². The van der Waals surface area contributed by atoms with E-state index in [1.807, 2.05) is 0 Å². The summed E-state index contributed by atoms with van der Waals surface area (Å²) >= 11 is 0. The van der Waals surface area contributed by atoms with Crippen LogP contribution in [-0.4, -0.2) is 58.3 Å². The van der Waals surface area contributed by atoms with Crippen molar-refractivity contribution in [1.82, 2.24) is 0 Å². The minimum absolute atomic E-state index is 0. The van der Waals surface area contributed by atoms with Crippen LogP contribution in [0.1, 0.15) is 55.4 Å². The van der Waals surface area contributed by atoms with Gasteiger partial charge in [0.2, 0.25) is 0 Å². The maximum atomic E-state index is 3.64. The molecule has 0 fully saturated rings. The first-order valence-electron chi connectivity index (χ1n) is 6.25. The SMILES string of the molecule is CC(C)[NH3+].CC(C)[NH3+].CC(C)[NH3+].CC(C)[NH3+].[Mo].[Mo].[Mo].[Mo].[Mo].[O-2].[O-2].[O-2].[O-2].[O-2].[O-2].[O-2].[O-2].[O-2].[O-2].[O-2].[O-2].[O-2].[O-2].[O-2].[O-2].[O-2].[O-2].[O-2].[O-2].[O-2].[Se-2].[Se-2]. The summed E-state index contributed by atoms with van der Waals surface area (Å²) in [6.45, 7) is 16.4. The summed E-state index contributed by atoms with van der Waals surface area (Å²) in [4.78, 5) is 0. The maximum Gasteiger partial charge on any atom is 0.0786 e. The minimum Gasteiger partial charge on any atom is -2.00 e. The fourth-order valence-corrected chi connectivity index (χ4v) is 0. The van der Waals surface area contributed by atoms with E-state index in [1.165, 1.54) is 0 Å². The fraction of sp³-hybridized carbons (Fsp3) is 1.00. The van der Waals surface area contributed by atoms with Gasteiger partial charge in [0, 0.05) is 105 Å². The Morgan fingerprint density at radius 3 is 0.205 bits per heavy atom. The van der Waals surface area contributed by atoms with Crippen LogP contribution in [0.25, 0.3) is 0 Å². The van der Waals surface area contributed by atoms with Crippen molar-refractivity contribution in [3.63, 3.8) is 0 Å². The molecule has 32 heteroatoms. The van der Waals surface area contributed by atoms with Gasteiger partial charge in [-0.3, -0.25) is 0 Å². The molecular weight excluding hydrogens is 1170 g/mol. The Labute approximate surface area is 353 Å². The zero-order valence-electron chi connectivity index (χ0n) is 24.6. The monoisotopic (exact) mass is 1230 g/mol. The molecule has 0 amide bonds. The maximum absolute atomic E-state index is 3.64. The molecule has 0 aromatic heterocycles. The molecule has 0 aliphatic heterocycles. The molecule has 0 saturated heterocycles. The van der Waals surface area contributed by atoms with Crippen LogP contribution in [0.3, 0.4) is 0 Å². The molecule has 0 spiro atoms. The predicted octanol–water partition coefficient (Wildman–Crippen LogP) is -4.72. The third-order valence-electron chi connectivity index (χ3n) is 0.